The van der Waals surface area contributed by atoms with Crippen LogP contribution in [0.25, 0.3) is 16.0 Å². The molecule has 0 bridgehead atoms. The number of aliphatic hydroxyl groups excluding tert-OH is 1. The predicted octanol–water partition coefficient (Wildman–Crippen LogP) is 5.19. The fourth-order valence-electron chi connectivity index (χ4n) is 4.13. The first-order chi connectivity index (χ1) is 16.0. The Hall–Kier alpha value is -3.84. The molecule has 2 aromatic carbocycles. The number of nitrogens with zero attached hydrogens (tertiary/aromatic N) is 3. The van der Waals surface area contributed by atoms with Crippen molar-refractivity contribution in [3.05, 3.63) is 94.8 Å². The van der Waals surface area contributed by atoms with E-state index in [0.717, 1.165) is 27.8 Å². The summed E-state index contributed by atoms with van der Waals surface area (Å²) in [6.07, 6.45) is 3.96. The van der Waals surface area contributed by atoms with Gasteiger partial charge in [0.05, 0.1) is 21.8 Å². The second-order valence-electron chi connectivity index (χ2n) is 7.97. The highest BCUT2D eigenvalue weighted by Gasteiger charge is 2.48. The number of hydrogen-bond acceptors (Lipinski definition) is 6. The van der Waals surface area contributed by atoms with Gasteiger partial charge in [-0.2, -0.15) is 0 Å². The highest BCUT2D eigenvalue weighted by Crippen LogP contribution is 2.44. The van der Waals surface area contributed by atoms with Gasteiger partial charge in [0.25, 0.3) is 5.78 Å². The topological polar surface area (TPSA) is 83.4 Å². The molecule has 5 rings (SSSR count). The van der Waals surface area contributed by atoms with E-state index in [4.69, 9.17) is 0 Å². The van der Waals surface area contributed by atoms with Crippen LogP contribution in [-0.2, 0) is 16.0 Å². The van der Waals surface area contributed by atoms with Gasteiger partial charge in [-0.05, 0) is 48.7 Å². The smallest absolute Gasteiger partial charge is 0.301 e. The average Bonchev–Trinajstić information content (AvgIpc) is 3.37. The zero-order chi connectivity index (χ0) is 23.1. The minimum atomic E-state index is -0.788. The third-order valence-corrected chi connectivity index (χ3v) is 6.83. The van der Waals surface area contributed by atoms with E-state index < -0.39 is 17.7 Å². The summed E-state index contributed by atoms with van der Waals surface area (Å²) in [5.74, 6) is -1.66. The van der Waals surface area contributed by atoms with Crippen LogP contribution < -0.4 is 4.90 Å². The van der Waals surface area contributed by atoms with Gasteiger partial charge in [0, 0.05) is 18.0 Å². The SMILES string of the molecule is CCc1ccc2nc(N3C(=O)C(=O)/C(=C(/O)c4ccncc4)C3c3cccc(C)c3)sc2c1. The van der Waals surface area contributed by atoms with Crippen LogP contribution in [0.2, 0.25) is 0 Å². The van der Waals surface area contributed by atoms with E-state index >= 15 is 0 Å². The first-order valence-electron chi connectivity index (χ1n) is 10.7. The number of thiazole rings is 1. The molecule has 7 heteroatoms. The minimum absolute atomic E-state index is 0.0466. The van der Waals surface area contributed by atoms with Crippen molar-refractivity contribution in [3.63, 3.8) is 0 Å². The maximum Gasteiger partial charge on any atom is 0.301 e. The molecule has 0 aliphatic carbocycles. The number of amides is 1. The van der Waals surface area contributed by atoms with Crippen LogP contribution in [0.5, 0.6) is 0 Å². The second kappa shape index (κ2) is 8.26. The standard InChI is InChI=1S/C26H21N3O3S/c1-3-16-7-8-19-20(14-16)33-26(28-19)29-22(18-6-4-5-15(2)13-18)21(24(31)25(29)32)23(30)17-9-11-27-12-10-17/h4-14,22,30H,3H2,1-2H3/b23-21+. The third-order valence-electron chi connectivity index (χ3n) is 5.81. The van der Waals surface area contributed by atoms with Gasteiger partial charge in [0.1, 0.15) is 5.76 Å². The number of rotatable bonds is 4. The second-order valence-corrected chi connectivity index (χ2v) is 8.98. The molecule has 0 radical (unpaired) electrons. The molecule has 0 spiro atoms. The van der Waals surface area contributed by atoms with Crippen LogP contribution in [0.1, 0.15) is 35.2 Å². The number of benzene rings is 2. The summed E-state index contributed by atoms with van der Waals surface area (Å²) in [7, 11) is 0. The van der Waals surface area contributed by atoms with Gasteiger partial charge in [-0.1, -0.05) is 54.2 Å². The minimum Gasteiger partial charge on any atom is -0.507 e. The van der Waals surface area contributed by atoms with E-state index in [1.165, 1.54) is 34.2 Å². The van der Waals surface area contributed by atoms with Crippen molar-refractivity contribution in [2.24, 2.45) is 0 Å². The van der Waals surface area contributed by atoms with Crippen molar-refractivity contribution < 1.29 is 14.7 Å². The summed E-state index contributed by atoms with van der Waals surface area (Å²) in [6, 6.07) is 16.1. The van der Waals surface area contributed by atoms with Gasteiger partial charge >= 0.3 is 5.91 Å². The molecule has 1 fully saturated rings. The zero-order valence-electron chi connectivity index (χ0n) is 18.1. The number of pyridine rings is 1. The first-order valence-corrected chi connectivity index (χ1v) is 11.5. The molecule has 1 unspecified atom stereocenters. The fraction of sp³-hybridized carbons (Fsp3) is 0.154. The summed E-state index contributed by atoms with van der Waals surface area (Å²) in [4.78, 5) is 36.6. The molecule has 33 heavy (non-hydrogen) atoms. The van der Waals surface area contributed by atoms with Crippen molar-refractivity contribution in [3.8, 4) is 0 Å². The Morgan fingerprint density at radius 2 is 1.88 bits per heavy atom. The number of anilines is 1. The predicted molar refractivity (Wildman–Crippen MR) is 129 cm³/mol. The number of fused-ring (bicyclic) bond motifs is 1. The molecule has 6 nitrogen and oxygen atoms in total. The van der Waals surface area contributed by atoms with E-state index in [-0.39, 0.29) is 11.3 Å². The summed E-state index contributed by atoms with van der Waals surface area (Å²) in [5.41, 5.74) is 4.14. The van der Waals surface area contributed by atoms with E-state index in [0.29, 0.717) is 10.7 Å². The molecule has 0 saturated carbocycles. The molecule has 4 aromatic rings. The molecule has 1 aliphatic rings. The summed E-state index contributed by atoms with van der Waals surface area (Å²) < 4.78 is 0.948. The van der Waals surface area contributed by atoms with Crippen molar-refractivity contribution in [1.29, 1.82) is 0 Å². The van der Waals surface area contributed by atoms with Crippen molar-refractivity contribution >= 4 is 44.1 Å². The largest absolute Gasteiger partial charge is 0.507 e. The van der Waals surface area contributed by atoms with Crippen LogP contribution in [0.15, 0.2) is 72.6 Å². The highest BCUT2D eigenvalue weighted by atomic mass is 32.1. The lowest BCUT2D eigenvalue weighted by Crippen LogP contribution is -2.29. The van der Waals surface area contributed by atoms with E-state index in [1.807, 2.05) is 43.3 Å². The van der Waals surface area contributed by atoms with Gasteiger partial charge in [0.2, 0.25) is 0 Å². The molecular weight excluding hydrogens is 434 g/mol. The van der Waals surface area contributed by atoms with Crippen LogP contribution in [0.4, 0.5) is 5.13 Å². The van der Waals surface area contributed by atoms with Crippen LogP contribution >= 0.6 is 11.3 Å². The fourth-order valence-corrected chi connectivity index (χ4v) is 5.19. The molecule has 1 N–H and O–H groups in total. The lowest BCUT2D eigenvalue weighted by molar-refractivity contribution is -0.132. The van der Waals surface area contributed by atoms with Crippen LogP contribution in [-0.4, -0.2) is 26.8 Å². The quantitative estimate of drug-likeness (QED) is 0.260. The molecule has 1 aliphatic heterocycles. The van der Waals surface area contributed by atoms with Crippen LogP contribution in [0.3, 0.4) is 0 Å². The third kappa shape index (κ3) is 3.60. The molecule has 1 atom stereocenters. The normalized spacial score (nSPS) is 17.8. The molecule has 2 aromatic heterocycles. The van der Waals surface area contributed by atoms with E-state index in [1.54, 1.807) is 12.1 Å². The van der Waals surface area contributed by atoms with Crippen molar-refractivity contribution in [2.45, 2.75) is 26.3 Å². The number of carbonyl (C=O) groups is 2. The highest BCUT2D eigenvalue weighted by molar-refractivity contribution is 7.22. The number of hydrogen-bond donors (Lipinski definition) is 1. The Bertz CT molecular complexity index is 1430. The number of Topliss-reactive ketones (excluding diaryl/α,β-unsaturated/α-hetero) is 1. The zero-order valence-corrected chi connectivity index (χ0v) is 19.0. The Morgan fingerprint density at radius 3 is 2.61 bits per heavy atom. The van der Waals surface area contributed by atoms with Gasteiger partial charge in [-0.3, -0.25) is 19.5 Å². The first kappa shape index (κ1) is 21.0. The number of aliphatic hydroxyl groups is 1. The van der Waals surface area contributed by atoms with Gasteiger partial charge in [-0.15, -0.1) is 0 Å². The monoisotopic (exact) mass is 455 g/mol. The summed E-state index contributed by atoms with van der Waals surface area (Å²) in [6.45, 7) is 4.03. The van der Waals surface area contributed by atoms with Crippen LogP contribution in [0, 0.1) is 6.92 Å². The number of aromatic nitrogens is 2. The molecule has 164 valence electrons. The van der Waals surface area contributed by atoms with Gasteiger partial charge in [-0.25, -0.2) is 4.98 Å². The van der Waals surface area contributed by atoms with E-state index in [2.05, 4.69) is 23.0 Å². The van der Waals surface area contributed by atoms with E-state index in [9.17, 15) is 14.7 Å². The molecule has 1 saturated heterocycles. The van der Waals surface area contributed by atoms with Crippen molar-refractivity contribution in [2.75, 3.05) is 4.90 Å². The van der Waals surface area contributed by atoms with Gasteiger partial charge in [0.15, 0.2) is 5.13 Å². The Morgan fingerprint density at radius 1 is 1.09 bits per heavy atom. The van der Waals surface area contributed by atoms with Gasteiger partial charge < -0.3 is 5.11 Å². The number of carbonyl (C=O) groups excluding carboxylic acids is 2. The number of ketones is 1. The summed E-state index contributed by atoms with van der Waals surface area (Å²) >= 11 is 1.37. The molecule has 3 heterocycles. The Balaban J connectivity index is 1.73. The number of aryl methyl sites for hydroxylation is 2. The Kier molecular flexibility index (Phi) is 5.26. The molecule has 1 amide bonds. The summed E-state index contributed by atoms with van der Waals surface area (Å²) in [5, 5.41) is 11.5. The van der Waals surface area contributed by atoms with Crippen molar-refractivity contribution in [1.82, 2.24) is 9.97 Å². The Labute approximate surface area is 194 Å². The maximum atomic E-state index is 13.3. The average molecular weight is 456 g/mol. The lowest BCUT2D eigenvalue weighted by atomic mass is 9.95. The molecular formula is C26H21N3O3S. The lowest BCUT2D eigenvalue weighted by Gasteiger charge is -2.23. The maximum absolute atomic E-state index is 13.3.